The number of carbonyl (C=O) groups excluding carboxylic acids is 2. The van der Waals surface area contributed by atoms with Crippen molar-refractivity contribution in [3.63, 3.8) is 0 Å². The summed E-state index contributed by atoms with van der Waals surface area (Å²) in [4.78, 5) is 40.4. The second kappa shape index (κ2) is 10.3. The van der Waals surface area contributed by atoms with Crippen LogP contribution in [0.2, 0.25) is 0 Å². The molecule has 0 radical (unpaired) electrons. The van der Waals surface area contributed by atoms with Crippen molar-refractivity contribution in [2.45, 2.75) is 51.4 Å². The van der Waals surface area contributed by atoms with Crippen molar-refractivity contribution in [2.24, 2.45) is 0 Å². The number of ether oxygens (including phenoxy) is 2. The standard InChI is InChI=1S/C26H27FN4O6/c1-14-10-20(29-24(28)18(14)13-36-16-6-8-35-9-7-16)15-2-3-17(19(27)11-15)22-12-31(26(34)37-22)21-4-5-23(32)30-25(21)33/h2-3,10-12,16,21H,4-9,13H2,1H3,(H2,28,29)(H,30,32,33). The second-order valence-electron chi connectivity index (χ2n) is 9.24. The van der Waals surface area contributed by atoms with E-state index in [4.69, 9.17) is 19.6 Å². The van der Waals surface area contributed by atoms with Gasteiger partial charge in [-0.25, -0.2) is 14.2 Å². The molecule has 2 aliphatic heterocycles. The number of hydrogen-bond acceptors (Lipinski definition) is 8. The van der Waals surface area contributed by atoms with Crippen molar-refractivity contribution in [3.05, 3.63) is 58.0 Å². The number of aryl methyl sites for hydroxylation is 1. The van der Waals surface area contributed by atoms with Crippen LogP contribution in [0.1, 0.15) is 42.9 Å². The van der Waals surface area contributed by atoms with E-state index in [1.165, 1.54) is 18.3 Å². The number of pyridine rings is 1. The summed E-state index contributed by atoms with van der Waals surface area (Å²) in [6, 6.07) is 5.36. The van der Waals surface area contributed by atoms with Gasteiger partial charge in [0.25, 0.3) is 0 Å². The molecule has 1 atom stereocenters. The summed E-state index contributed by atoms with van der Waals surface area (Å²) in [6.07, 6.45) is 3.35. The Morgan fingerprint density at radius 1 is 1.19 bits per heavy atom. The van der Waals surface area contributed by atoms with Gasteiger partial charge in [-0.15, -0.1) is 0 Å². The fraction of sp³-hybridized carbons (Fsp3) is 0.385. The zero-order valence-corrected chi connectivity index (χ0v) is 20.3. The molecule has 10 nitrogen and oxygen atoms in total. The van der Waals surface area contributed by atoms with E-state index in [-0.39, 0.29) is 30.3 Å². The maximum Gasteiger partial charge on any atom is 0.420 e. The minimum absolute atomic E-state index is 0.0250. The third kappa shape index (κ3) is 5.18. The number of carbonyl (C=O) groups is 2. The molecule has 0 bridgehead atoms. The molecule has 0 saturated carbocycles. The molecular weight excluding hydrogens is 483 g/mol. The lowest BCUT2D eigenvalue weighted by Gasteiger charge is -2.23. The summed E-state index contributed by atoms with van der Waals surface area (Å²) in [5.74, 6) is -2.14. The van der Waals surface area contributed by atoms with Gasteiger partial charge in [0, 0.05) is 30.8 Å². The first-order valence-corrected chi connectivity index (χ1v) is 12.1. The van der Waals surface area contributed by atoms with Gasteiger partial charge in [-0.3, -0.25) is 19.5 Å². The Hall–Kier alpha value is -3.83. The molecule has 194 valence electrons. The number of rotatable bonds is 6. The van der Waals surface area contributed by atoms with Gasteiger partial charge in [-0.1, -0.05) is 6.07 Å². The van der Waals surface area contributed by atoms with E-state index in [9.17, 15) is 14.4 Å². The molecule has 1 unspecified atom stereocenters. The summed E-state index contributed by atoms with van der Waals surface area (Å²) in [5.41, 5.74) is 8.96. The fourth-order valence-corrected chi connectivity index (χ4v) is 4.62. The smallest absolute Gasteiger partial charge is 0.408 e. The Balaban J connectivity index is 1.36. The van der Waals surface area contributed by atoms with Crippen LogP contribution in [-0.2, 0) is 25.7 Å². The van der Waals surface area contributed by atoms with Crippen LogP contribution < -0.4 is 16.8 Å². The van der Waals surface area contributed by atoms with Crippen LogP contribution in [0.4, 0.5) is 10.2 Å². The van der Waals surface area contributed by atoms with Gasteiger partial charge in [0.2, 0.25) is 11.8 Å². The molecule has 2 fully saturated rings. The first kappa shape index (κ1) is 24.8. The number of halogens is 1. The number of nitrogens with one attached hydrogen (secondary N) is 1. The summed E-state index contributed by atoms with van der Waals surface area (Å²) >= 11 is 0. The van der Waals surface area contributed by atoms with E-state index in [2.05, 4.69) is 10.3 Å². The van der Waals surface area contributed by atoms with Gasteiger partial charge >= 0.3 is 5.76 Å². The zero-order chi connectivity index (χ0) is 26.1. The van der Waals surface area contributed by atoms with Gasteiger partial charge in [0.05, 0.1) is 30.2 Å². The third-order valence-corrected chi connectivity index (χ3v) is 6.75. The molecule has 2 aromatic heterocycles. The average Bonchev–Trinajstić information content (AvgIpc) is 3.24. The van der Waals surface area contributed by atoms with Gasteiger partial charge in [-0.05, 0) is 49.9 Å². The highest BCUT2D eigenvalue weighted by molar-refractivity contribution is 5.99. The Labute approximate surface area is 211 Å². The van der Waals surface area contributed by atoms with Crippen molar-refractivity contribution >= 4 is 17.6 Å². The molecule has 2 saturated heterocycles. The van der Waals surface area contributed by atoms with Crippen LogP contribution in [-0.4, -0.2) is 40.7 Å². The first-order valence-electron chi connectivity index (χ1n) is 12.1. The minimum atomic E-state index is -0.894. The molecule has 0 spiro atoms. The van der Waals surface area contributed by atoms with Gasteiger partial charge < -0.3 is 19.6 Å². The monoisotopic (exact) mass is 510 g/mol. The van der Waals surface area contributed by atoms with Crippen LogP contribution in [0.3, 0.4) is 0 Å². The van der Waals surface area contributed by atoms with Gasteiger partial charge in [0.15, 0.2) is 5.76 Å². The number of anilines is 1. The molecule has 3 aromatic rings. The second-order valence-corrected chi connectivity index (χ2v) is 9.24. The van der Waals surface area contributed by atoms with Crippen molar-refractivity contribution in [1.82, 2.24) is 14.9 Å². The Morgan fingerprint density at radius 2 is 1.97 bits per heavy atom. The lowest BCUT2D eigenvalue weighted by molar-refractivity contribution is -0.135. The molecule has 37 heavy (non-hydrogen) atoms. The summed E-state index contributed by atoms with van der Waals surface area (Å²) in [7, 11) is 0. The molecule has 3 N–H and O–H groups in total. The number of imide groups is 1. The lowest BCUT2D eigenvalue weighted by atomic mass is 10.0. The third-order valence-electron chi connectivity index (χ3n) is 6.75. The van der Waals surface area contributed by atoms with E-state index in [1.807, 2.05) is 13.0 Å². The summed E-state index contributed by atoms with van der Waals surface area (Å²) in [6.45, 7) is 3.61. The molecule has 2 aliphatic rings. The number of piperidine rings is 1. The van der Waals surface area contributed by atoms with Crippen molar-refractivity contribution in [3.8, 4) is 22.6 Å². The summed E-state index contributed by atoms with van der Waals surface area (Å²) in [5, 5.41) is 2.20. The van der Waals surface area contributed by atoms with Crippen LogP contribution in [0.5, 0.6) is 0 Å². The lowest BCUT2D eigenvalue weighted by Crippen LogP contribution is -2.43. The number of oxazole rings is 1. The predicted octanol–water partition coefficient (Wildman–Crippen LogP) is 2.87. The minimum Gasteiger partial charge on any atom is -0.408 e. The Morgan fingerprint density at radius 3 is 2.68 bits per heavy atom. The number of nitrogens with zero attached hydrogens (tertiary/aromatic N) is 2. The molecule has 5 rings (SSSR count). The zero-order valence-electron chi connectivity index (χ0n) is 20.3. The molecule has 4 heterocycles. The summed E-state index contributed by atoms with van der Waals surface area (Å²) < 4.78 is 32.8. The van der Waals surface area contributed by atoms with Gasteiger partial charge in [0.1, 0.15) is 17.7 Å². The Bertz CT molecular complexity index is 1390. The highest BCUT2D eigenvalue weighted by Crippen LogP contribution is 2.30. The largest absolute Gasteiger partial charge is 0.420 e. The number of hydrogen-bond donors (Lipinski definition) is 2. The number of benzene rings is 1. The highest BCUT2D eigenvalue weighted by atomic mass is 19.1. The van der Waals surface area contributed by atoms with Crippen molar-refractivity contribution in [1.29, 1.82) is 0 Å². The normalized spacial score (nSPS) is 18.7. The number of aromatic nitrogens is 2. The average molecular weight is 511 g/mol. The van der Waals surface area contributed by atoms with Crippen LogP contribution in [0, 0.1) is 12.7 Å². The van der Waals surface area contributed by atoms with E-state index >= 15 is 4.39 Å². The quantitative estimate of drug-likeness (QED) is 0.483. The Kier molecular flexibility index (Phi) is 6.90. The number of nitrogens with two attached hydrogens (primary N) is 1. The molecular formula is C26H27FN4O6. The first-order chi connectivity index (χ1) is 17.8. The van der Waals surface area contributed by atoms with Crippen molar-refractivity contribution in [2.75, 3.05) is 18.9 Å². The molecule has 1 aromatic carbocycles. The predicted molar refractivity (Wildman–Crippen MR) is 131 cm³/mol. The van der Waals surface area contributed by atoms with Crippen LogP contribution in [0.25, 0.3) is 22.6 Å². The van der Waals surface area contributed by atoms with Crippen LogP contribution >= 0.6 is 0 Å². The van der Waals surface area contributed by atoms with Gasteiger partial charge in [-0.2, -0.15) is 0 Å². The number of nitrogen functional groups attached to an aromatic ring is 1. The van der Waals surface area contributed by atoms with Crippen LogP contribution in [0.15, 0.2) is 39.7 Å². The highest BCUT2D eigenvalue weighted by Gasteiger charge is 2.30. The molecule has 2 amide bonds. The van der Waals surface area contributed by atoms with Crippen molar-refractivity contribution < 1.29 is 27.9 Å². The van der Waals surface area contributed by atoms with E-state index in [0.29, 0.717) is 36.9 Å². The van der Waals surface area contributed by atoms with E-state index in [1.54, 1.807) is 6.07 Å². The maximum absolute atomic E-state index is 15.2. The molecule has 11 heteroatoms. The topological polar surface area (TPSA) is 139 Å². The SMILES string of the molecule is Cc1cc(-c2ccc(-c3cn(C4CCC(=O)NC4=O)c(=O)o3)c(F)c2)nc(N)c1COC1CCOCC1. The van der Waals surface area contributed by atoms with E-state index in [0.717, 1.165) is 28.5 Å². The fourth-order valence-electron chi connectivity index (χ4n) is 4.62. The molecule has 0 aliphatic carbocycles. The number of amides is 2. The maximum atomic E-state index is 15.2. The van der Waals surface area contributed by atoms with E-state index < -0.39 is 29.4 Å².